The lowest BCUT2D eigenvalue weighted by Gasteiger charge is -2.20. The van der Waals surface area contributed by atoms with Gasteiger partial charge in [0.2, 0.25) is 0 Å². The number of methoxy groups -OCH3 is 2. The first-order chi connectivity index (χ1) is 27.3. The van der Waals surface area contributed by atoms with Crippen molar-refractivity contribution in [1.29, 1.82) is 0 Å². The Bertz CT molecular complexity index is 1990. The quantitative estimate of drug-likeness (QED) is 0.0512. The molecular formula is C52H52O4. The molecule has 0 unspecified atom stereocenters. The zero-order chi connectivity index (χ0) is 40.5. The van der Waals surface area contributed by atoms with Crippen LogP contribution < -0.4 is 14.2 Å². The van der Waals surface area contributed by atoms with Crippen molar-refractivity contribution < 1.29 is 19.0 Å². The van der Waals surface area contributed by atoms with Gasteiger partial charge in [-0.25, -0.2) is 4.79 Å². The number of ether oxygens (including phenoxy) is 3. The first-order valence-corrected chi connectivity index (χ1v) is 18.7. The van der Waals surface area contributed by atoms with Gasteiger partial charge in [0.25, 0.3) is 0 Å². The maximum atomic E-state index is 11.7. The highest BCUT2D eigenvalue weighted by Gasteiger charge is 2.19. The topological polar surface area (TPSA) is 44.8 Å². The molecule has 0 saturated heterocycles. The van der Waals surface area contributed by atoms with E-state index in [4.69, 9.17) is 14.2 Å². The monoisotopic (exact) mass is 740 g/mol. The summed E-state index contributed by atoms with van der Waals surface area (Å²) in [5.74, 6) is 1.88. The lowest BCUT2D eigenvalue weighted by Crippen LogP contribution is -2.08. The van der Waals surface area contributed by atoms with Gasteiger partial charge in [0.15, 0.2) is 0 Å². The maximum absolute atomic E-state index is 11.7. The van der Waals surface area contributed by atoms with E-state index >= 15 is 0 Å². The summed E-state index contributed by atoms with van der Waals surface area (Å²) in [5.41, 5.74) is 10.9. The molecule has 0 fully saturated rings. The van der Waals surface area contributed by atoms with Crippen LogP contribution in [0.3, 0.4) is 0 Å². The lowest BCUT2D eigenvalue weighted by atomic mass is 9.84. The molecule has 0 aliphatic heterocycles. The fourth-order valence-corrected chi connectivity index (χ4v) is 6.14. The molecule has 6 aromatic carbocycles. The predicted octanol–water partition coefficient (Wildman–Crippen LogP) is 13.2. The highest BCUT2D eigenvalue weighted by Crippen LogP contribution is 2.35. The number of hydrogen-bond donors (Lipinski definition) is 0. The van der Waals surface area contributed by atoms with Gasteiger partial charge in [-0.3, -0.25) is 0 Å². The van der Waals surface area contributed by atoms with Gasteiger partial charge >= 0.3 is 5.97 Å². The Morgan fingerprint density at radius 1 is 0.446 bits per heavy atom. The highest BCUT2D eigenvalue weighted by atomic mass is 16.5. The SMILES string of the molecule is C=C(C)C(=O)Oc1ccc(C(c2ccc(OC)cc2)c2ccc(OC)cc2)cc1.C=Cc1ccc(C(c2ccc(C=C)cc2)c2ccc(C=C)cc2)cc1.CC. The van der Waals surface area contributed by atoms with Gasteiger partial charge < -0.3 is 14.2 Å². The summed E-state index contributed by atoms with van der Waals surface area (Å²) in [6, 6.07) is 49.4. The van der Waals surface area contributed by atoms with Crippen molar-refractivity contribution in [3.8, 4) is 17.2 Å². The third-order valence-corrected chi connectivity index (χ3v) is 9.19. The number of benzene rings is 6. The Balaban J connectivity index is 0.000000240. The minimum absolute atomic E-state index is 0.0118. The van der Waals surface area contributed by atoms with E-state index in [0.29, 0.717) is 11.3 Å². The van der Waals surface area contributed by atoms with Gasteiger partial charge in [0, 0.05) is 17.4 Å². The molecule has 0 heterocycles. The van der Waals surface area contributed by atoms with E-state index in [9.17, 15) is 4.79 Å². The van der Waals surface area contributed by atoms with Gasteiger partial charge in [-0.15, -0.1) is 0 Å². The van der Waals surface area contributed by atoms with E-state index in [0.717, 1.165) is 44.9 Å². The molecule has 0 radical (unpaired) electrons. The van der Waals surface area contributed by atoms with E-state index in [1.165, 1.54) is 16.7 Å². The molecule has 56 heavy (non-hydrogen) atoms. The third-order valence-electron chi connectivity index (χ3n) is 9.19. The second-order valence-corrected chi connectivity index (χ2v) is 12.8. The standard InChI is InChI=1S/C25H24O4.C25H22.C2H6/c1-17(2)25(26)29-23-15-9-20(10-16-23)24(18-5-11-21(27-3)12-6-18)19-7-13-22(28-4)14-8-19;1-4-19-7-13-22(14-8-19)25(23-15-9-20(5-2)10-16-23)24-17-11-21(6-3)12-18-24;1-2/h5-16,24H,1H2,2-4H3;4-18,25H,1-3H2;1-2H3. The fourth-order valence-electron chi connectivity index (χ4n) is 6.14. The Morgan fingerprint density at radius 3 is 0.893 bits per heavy atom. The van der Waals surface area contributed by atoms with Crippen LogP contribution in [-0.2, 0) is 4.79 Å². The van der Waals surface area contributed by atoms with Crippen LogP contribution in [0.25, 0.3) is 18.2 Å². The second-order valence-electron chi connectivity index (χ2n) is 12.8. The van der Waals surface area contributed by atoms with E-state index in [1.807, 2.05) is 68.5 Å². The Labute approximate surface area is 333 Å². The fraction of sp³-hybridized carbons (Fsp3) is 0.135. The normalized spacial score (nSPS) is 10.2. The Kier molecular flexibility index (Phi) is 16.0. The molecule has 6 rings (SSSR count). The van der Waals surface area contributed by atoms with E-state index in [-0.39, 0.29) is 11.8 Å². The third kappa shape index (κ3) is 11.2. The first kappa shape index (κ1) is 42.1. The zero-order valence-electron chi connectivity index (χ0n) is 33.2. The number of hydrogen-bond acceptors (Lipinski definition) is 4. The molecule has 0 N–H and O–H groups in total. The number of esters is 1. The van der Waals surface area contributed by atoms with Crippen molar-refractivity contribution in [2.75, 3.05) is 14.2 Å². The maximum Gasteiger partial charge on any atom is 0.338 e. The van der Waals surface area contributed by atoms with Crippen molar-refractivity contribution in [2.45, 2.75) is 32.6 Å². The molecule has 0 aliphatic carbocycles. The minimum Gasteiger partial charge on any atom is -0.497 e. The van der Waals surface area contributed by atoms with Crippen molar-refractivity contribution >= 4 is 24.2 Å². The molecule has 284 valence electrons. The van der Waals surface area contributed by atoms with E-state index < -0.39 is 5.97 Å². The van der Waals surface area contributed by atoms with Gasteiger partial charge in [0.1, 0.15) is 17.2 Å². The summed E-state index contributed by atoms with van der Waals surface area (Å²) in [4.78, 5) is 11.7. The molecule has 0 aromatic heterocycles. The van der Waals surface area contributed by atoms with Crippen LogP contribution in [0.15, 0.2) is 177 Å². The highest BCUT2D eigenvalue weighted by molar-refractivity contribution is 5.88. The Morgan fingerprint density at radius 2 is 0.679 bits per heavy atom. The van der Waals surface area contributed by atoms with Gasteiger partial charge in [-0.2, -0.15) is 0 Å². The number of carbonyl (C=O) groups is 1. The summed E-state index contributed by atoms with van der Waals surface area (Å²) in [5, 5.41) is 0. The summed E-state index contributed by atoms with van der Waals surface area (Å²) in [6.45, 7) is 20.8. The summed E-state index contributed by atoms with van der Waals surface area (Å²) in [7, 11) is 3.31. The number of carbonyl (C=O) groups excluding carboxylic acids is 1. The molecular weight excluding hydrogens is 689 g/mol. The summed E-state index contributed by atoms with van der Waals surface area (Å²) >= 11 is 0. The van der Waals surface area contributed by atoms with Crippen LogP contribution in [0, 0.1) is 0 Å². The second kappa shape index (κ2) is 21.3. The molecule has 0 aliphatic rings. The van der Waals surface area contributed by atoms with Crippen LogP contribution in [0.1, 0.15) is 82.7 Å². The summed E-state index contributed by atoms with van der Waals surface area (Å²) < 4.78 is 15.9. The molecule has 0 spiro atoms. The van der Waals surface area contributed by atoms with Crippen LogP contribution >= 0.6 is 0 Å². The zero-order valence-corrected chi connectivity index (χ0v) is 33.2. The Hall–Kier alpha value is -6.65. The molecule has 4 nitrogen and oxygen atoms in total. The molecule has 0 saturated carbocycles. The van der Waals surface area contributed by atoms with E-state index in [1.54, 1.807) is 33.3 Å². The molecule has 4 heteroatoms. The smallest absolute Gasteiger partial charge is 0.338 e. The van der Waals surface area contributed by atoms with Crippen LogP contribution in [0.5, 0.6) is 17.2 Å². The van der Waals surface area contributed by atoms with Crippen molar-refractivity contribution in [1.82, 2.24) is 0 Å². The van der Waals surface area contributed by atoms with Crippen LogP contribution in [0.4, 0.5) is 0 Å². The van der Waals surface area contributed by atoms with Crippen LogP contribution in [0.2, 0.25) is 0 Å². The predicted molar refractivity (Wildman–Crippen MR) is 236 cm³/mol. The van der Waals surface area contributed by atoms with Crippen molar-refractivity contribution in [3.05, 3.63) is 228 Å². The van der Waals surface area contributed by atoms with Gasteiger partial charge in [0.05, 0.1) is 14.2 Å². The molecule has 0 bridgehead atoms. The van der Waals surface area contributed by atoms with Crippen LogP contribution in [-0.4, -0.2) is 20.2 Å². The average molecular weight is 741 g/mol. The van der Waals surface area contributed by atoms with Gasteiger partial charge in [-0.1, -0.05) is 168 Å². The van der Waals surface area contributed by atoms with Gasteiger partial charge in [-0.05, 0) is 93.4 Å². The lowest BCUT2D eigenvalue weighted by molar-refractivity contribution is -0.130. The average Bonchev–Trinajstić information content (AvgIpc) is 3.26. The van der Waals surface area contributed by atoms with Crippen molar-refractivity contribution in [3.63, 3.8) is 0 Å². The van der Waals surface area contributed by atoms with E-state index in [2.05, 4.69) is 123 Å². The minimum atomic E-state index is -0.431. The number of rotatable bonds is 13. The molecule has 6 aromatic rings. The summed E-state index contributed by atoms with van der Waals surface area (Å²) in [6.07, 6.45) is 5.61. The molecule has 0 atom stereocenters. The first-order valence-electron chi connectivity index (χ1n) is 18.7. The van der Waals surface area contributed by atoms with Crippen molar-refractivity contribution in [2.24, 2.45) is 0 Å². The largest absolute Gasteiger partial charge is 0.497 e. The molecule has 0 amide bonds.